The number of para-hydroxylation sites is 1. The second-order valence-corrected chi connectivity index (χ2v) is 7.29. The van der Waals surface area contributed by atoms with Gasteiger partial charge in [-0.15, -0.1) is 0 Å². The molecule has 9 heteroatoms. The third kappa shape index (κ3) is 4.76. The molecular weight excluding hydrogens is 437 g/mol. The number of anilines is 1. The molecule has 0 aliphatic rings. The van der Waals surface area contributed by atoms with E-state index in [-0.39, 0.29) is 10.1 Å². The summed E-state index contributed by atoms with van der Waals surface area (Å²) in [5, 5.41) is 3.60. The zero-order chi connectivity index (χ0) is 21.8. The quantitative estimate of drug-likeness (QED) is 0.309. The maximum atomic E-state index is 13.3. The number of rotatable bonds is 3. The number of thiocarbonyl (C=S) groups is 1. The van der Waals surface area contributed by atoms with Gasteiger partial charge in [-0.2, -0.15) is 0 Å². The molecule has 4 rings (SSSR count). The van der Waals surface area contributed by atoms with E-state index in [0.29, 0.717) is 27.8 Å². The molecule has 31 heavy (non-hydrogen) atoms. The summed E-state index contributed by atoms with van der Waals surface area (Å²) in [7, 11) is 0. The highest BCUT2D eigenvalue weighted by Gasteiger charge is 2.14. The first-order valence-electron chi connectivity index (χ1n) is 9.14. The molecular formula is C22H15ClFN5OS. The van der Waals surface area contributed by atoms with Crippen molar-refractivity contribution in [3.63, 3.8) is 0 Å². The third-order valence-electron chi connectivity index (χ3n) is 4.40. The van der Waals surface area contributed by atoms with Gasteiger partial charge in [0.1, 0.15) is 5.82 Å². The maximum Gasteiger partial charge on any atom is 0.270 e. The second kappa shape index (κ2) is 9.03. The normalized spacial score (nSPS) is 10.5. The predicted molar refractivity (Wildman–Crippen MR) is 123 cm³/mol. The molecule has 2 aromatic heterocycles. The van der Waals surface area contributed by atoms with Crippen molar-refractivity contribution in [3.8, 4) is 11.3 Å². The summed E-state index contributed by atoms with van der Waals surface area (Å²) in [6, 6.07) is 16.8. The van der Waals surface area contributed by atoms with Crippen LogP contribution in [0.25, 0.3) is 22.2 Å². The van der Waals surface area contributed by atoms with Crippen LogP contribution in [-0.2, 0) is 0 Å². The molecule has 0 spiro atoms. The van der Waals surface area contributed by atoms with E-state index in [1.54, 1.807) is 18.5 Å². The molecule has 2 heterocycles. The van der Waals surface area contributed by atoms with Crippen molar-refractivity contribution < 1.29 is 9.18 Å². The zero-order valence-corrected chi connectivity index (χ0v) is 17.5. The standard InChI is InChI=1S/C22H15ClFN5OS/c23-17-11-14(5-6-18(17)24)26-22(31)29-28-21(30)16-12-20(13-7-9-25-10-8-13)27-19-4-2-1-3-15(16)19/h1-12H,(H,28,30)(H2,26,29,31). The molecule has 3 N–H and O–H groups in total. The molecule has 0 bridgehead atoms. The van der Waals surface area contributed by atoms with E-state index >= 15 is 0 Å². The van der Waals surface area contributed by atoms with Crippen LogP contribution in [0, 0.1) is 5.82 Å². The number of pyridine rings is 2. The Labute approximate surface area is 187 Å². The highest BCUT2D eigenvalue weighted by molar-refractivity contribution is 7.80. The number of carbonyl (C=O) groups is 1. The Balaban J connectivity index is 1.54. The van der Waals surface area contributed by atoms with Crippen LogP contribution in [0.15, 0.2) is 73.1 Å². The Hall–Kier alpha value is -3.62. The number of hydrazine groups is 1. The lowest BCUT2D eigenvalue weighted by Crippen LogP contribution is -2.43. The van der Waals surface area contributed by atoms with Crippen molar-refractivity contribution in [1.29, 1.82) is 0 Å². The fourth-order valence-electron chi connectivity index (χ4n) is 2.95. The predicted octanol–water partition coefficient (Wildman–Crippen LogP) is 4.72. The van der Waals surface area contributed by atoms with E-state index in [1.165, 1.54) is 18.2 Å². The van der Waals surface area contributed by atoms with Gasteiger partial charge in [-0.3, -0.25) is 20.6 Å². The summed E-state index contributed by atoms with van der Waals surface area (Å²) in [6.45, 7) is 0. The highest BCUT2D eigenvalue weighted by Crippen LogP contribution is 2.24. The SMILES string of the molecule is O=C(NNC(=S)Nc1ccc(F)c(Cl)c1)c1cc(-c2ccncc2)nc2ccccc12. The highest BCUT2D eigenvalue weighted by atomic mass is 35.5. The van der Waals surface area contributed by atoms with Crippen LogP contribution < -0.4 is 16.2 Å². The number of hydrogen-bond donors (Lipinski definition) is 3. The van der Waals surface area contributed by atoms with Crippen LogP contribution in [0.3, 0.4) is 0 Å². The number of nitrogens with zero attached hydrogens (tertiary/aromatic N) is 2. The molecule has 2 aromatic carbocycles. The fraction of sp³-hybridized carbons (Fsp3) is 0. The number of carbonyl (C=O) groups excluding carboxylic acids is 1. The minimum atomic E-state index is -0.533. The van der Waals surface area contributed by atoms with Gasteiger partial charge in [-0.1, -0.05) is 29.8 Å². The first-order valence-corrected chi connectivity index (χ1v) is 9.92. The summed E-state index contributed by atoms with van der Waals surface area (Å²) < 4.78 is 13.3. The Morgan fingerprint density at radius 2 is 1.77 bits per heavy atom. The van der Waals surface area contributed by atoms with Gasteiger partial charge in [0.2, 0.25) is 0 Å². The number of halogens is 2. The van der Waals surface area contributed by atoms with Crippen LogP contribution in [0.2, 0.25) is 5.02 Å². The first-order chi connectivity index (χ1) is 15.0. The van der Waals surface area contributed by atoms with Crippen molar-refractivity contribution in [2.45, 2.75) is 0 Å². The van der Waals surface area contributed by atoms with E-state index in [1.807, 2.05) is 36.4 Å². The van der Waals surface area contributed by atoms with Gasteiger partial charge in [0.15, 0.2) is 5.11 Å². The Morgan fingerprint density at radius 1 is 1.00 bits per heavy atom. The summed E-state index contributed by atoms with van der Waals surface area (Å²) in [4.78, 5) is 21.6. The third-order valence-corrected chi connectivity index (χ3v) is 4.90. The van der Waals surface area contributed by atoms with Crippen LogP contribution in [0.4, 0.5) is 10.1 Å². The Bertz CT molecular complexity index is 1290. The first kappa shape index (κ1) is 20.6. The van der Waals surface area contributed by atoms with Gasteiger partial charge in [-0.05, 0) is 54.7 Å². The molecule has 0 fully saturated rings. The molecule has 154 valence electrons. The van der Waals surface area contributed by atoms with Crippen molar-refractivity contribution in [3.05, 3.63) is 89.5 Å². The molecule has 0 aliphatic carbocycles. The number of benzene rings is 2. The van der Waals surface area contributed by atoms with Crippen LogP contribution >= 0.6 is 23.8 Å². The smallest absolute Gasteiger partial charge is 0.270 e. The Morgan fingerprint density at radius 3 is 2.55 bits per heavy atom. The number of aromatic nitrogens is 2. The van der Waals surface area contributed by atoms with E-state index in [2.05, 4.69) is 26.1 Å². The Kier molecular flexibility index (Phi) is 6.01. The number of amides is 1. The average Bonchev–Trinajstić information content (AvgIpc) is 2.79. The molecule has 0 atom stereocenters. The topological polar surface area (TPSA) is 78.9 Å². The fourth-order valence-corrected chi connectivity index (χ4v) is 3.30. The van der Waals surface area contributed by atoms with Crippen molar-refractivity contribution in [1.82, 2.24) is 20.8 Å². The van der Waals surface area contributed by atoms with Gasteiger partial charge in [0.05, 0.1) is 21.8 Å². The van der Waals surface area contributed by atoms with Gasteiger partial charge in [0, 0.05) is 29.0 Å². The lowest BCUT2D eigenvalue weighted by molar-refractivity contribution is 0.0946. The molecule has 0 saturated heterocycles. The van der Waals surface area contributed by atoms with Crippen molar-refractivity contribution >= 4 is 51.4 Å². The largest absolute Gasteiger partial charge is 0.331 e. The van der Waals surface area contributed by atoms with E-state index in [4.69, 9.17) is 23.8 Å². The van der Waals surface area contributed by atoms with Crippen LogP contribution in [-0.4, -0.2) is 21.0 Å². The lowest BCUT2D eigenvalue weighted by Gasteiger charge is -2.14. The number of fused-ring (bicyclic) bond motifs is 1. The van der Waals surface area contributed by atoms with Crippen molar-refractivity contribution in [2.24, 2.45) is 0 Å². The molecule has 1 amide bonds. The summed E-state index contributed by atoms with van der Waals surface area (Å²) in [5.41, 5.74) is 8.30. The average molecular weight is 452 g/mol. The van der Waals surface area contributed by atoms with Gasteiger partial charge in [-0.25, -0.2) is 9.37 Å². The van der Waals surface area contributed by atoms with Gasteiger partial charge < -0.3 is 5.32 Å². The van der Waals surface area contributed by atoms with E-state index < -0.39 is 11.7 Å². The molecule has 0 radical (unpaired) electrons. The summed E-state index contributed by atoms with van der Waals surface area (Å²) >= 11 is 11.0. The monoisotopic (exact) mass is 451 g/mol. The van der Waals surface area contributed by atoms with E-state index in [9.17, 15) is 9.18 Å². The molecule has 6 nitrogen and oxygen atoms in total. The summed E-state index contributed by atoms with van der Waals surface area (Å²) in [5.74, 6) is -0.927. The van der Waals surface area contributed by atoms with Crippen molar-refractivity contribution in [2.75, 3.05) is 5.32 Å². The lowest BCUT2D eigenvalue weighted by atomic mass is 10.0. The molecule has 0 saturated carbocycles. The molecule has 0 unspecified atom stereocenters. The summed E-state index contributed by atoms with van der Waals surface area (Å²) in [6.07, 6.45) is 3.33. The zero-order valence-electron chi connectivity index (χ0n) is 15.9. The minimum absolute atomic E-state index is 0.0382. The maximum absolute atomic E-state index is 13.3. The second-order valence-electron chi connectivity index (χ2n) is 6.47. The van der Waals surface area contributed by atoms with Crippen LogP contribution in [0.1, 0.15) is 10.4 Å². The minimum Gasteiger partial charge on any atom is -0.331 e. The van der Waals surface area contributed by atoms with Gasteiger partial charge in [0.25, 0.3) is 5.91 Å². The number of hydrogen-bond acceptors (Lipinski definition) is 4. The number of nitrogens with one attached hydrogen (secondary N) is 3. The van der Waals surface area contributed by atoms with E-state index in [0.717, 1.165) is 5.56 Å². The van der Waals surface area contributed by atoms with Crippen LogP contribution in [0.5, 0.6) is 0 Å². The molecule has 4 aromatic rings. The van der Waals surface area contributed by atoms with Gasteiger partial charge >= 0.3 is 0 Å². The molecule has 0 aliphatic heterocycles.